The first kappa shape index (κ1) is 16.4. The molecule has 2 aliphatic heterocycles. The fourth-order valence-electron chi connectivity index (χ4n) is 4.03. The molecule has 0 saturated heterocycles. The normalized spacial score (nSPS) is 19.1. The Kier molecular flexibility index (Phi) is 3.31. The van der Waals surface area contributed by atoms with Gasteiger partial charge in [0.25, 0.3) is 0 Å². The minimum Gasteiger partial charge on any atom is -0.508 e. The molecule has 0 aliphatic carbocycles. The van der Waals surface area contributed by atoms with Gasteiger partial charge in [-0.2, -0.15) is 0 Å². The van der Waals surface area contributed by atoms with E-state index in [9.17, 15) is 15.0 Å². The summed E-state index contributed by atoms with van der Waals surface area (Å²) in [5.41, 5.74) is 1.80. The number of hydrogen-bond donors (Lipinski definition) is 2. The number of hydrogen-bond acceptors (Lipinski definition) is 5. The first-order valence-electron chi connectivity index (χ1n) is 8.89. The summed E-state index contributed by atoms with van der Waals surface area (Å²) in [6.07, 6.45) is 3.59. The van der Waals surface area contributed by atoms with Gasteiger partial charge in [0.15, 0.2) is 5.60 Å². The van der Waals surface area contributed by atoms with Crippen molar-refractivity contribution in [3.8, 4) is 23.0 Å². The van der Waals surface area contributed by atoms with Crippen LogP contribution in [0.3, 0.4) is 0 Å². The minimum atomic E-state index is -1.21. The number of allylic oxidation sites excluding steroid dienone is 1. The van der Waals surface area contributed by atoms with E-state index in [4.69, 9.17) is 9.47 Å². The van der Waals surface area contributed by atoms with Gasteiger partial charge in [-0.1, -0.05) is 30.4 Å². The zero-order valence-electron chi connectivity index (χ0n) is 15.0. The van der Waals surface area contributed by atoms with E-state index in [2.05, 4.69) is 0 Å². The summed E-state index contributed by atoms with van der Waals surface area (Å²) in [7, 11) is 0. The van der Waals surface area contributed by atoms with Crippen LogP contribution in [-0.4, -0.2) is 16.2 Å². The van der Waals surface area contributed by atoms with Crippen molar-refractivity contribution < 1.29 is 24.5 Å². The first-order chi connectivity index (χ1) is 13.5. The van der Waals surface area contributed by atoms with Gasteiger partial charge in [0.05, 0.1) is 5.56 Å². The van der Waals surface area contributed by atoms with E-state index in [1.54, 1.807) is 30.3 Å². The van der Waals surface area contributed by atoms with Crippen molar-refractivity contribution in [1.82, 2.24) is 0 Å². The monoisotopic (exact) mass is 372 g/mol. The molecule has 0 fully saturated rings. The Bertz CT molecular complexity index is 1180. The summed E-state index contributed by atoms with van der Waals surface area (Å²) in [5.74, 6) is 0.393. The molecule has 28 heavy (non-hydrogen) atoms. The number of benzene rings is 3. The number of rotatable bonds is 1. The molecule has 0 saturated carbocycles. The molecule has 2 N–H and O–H groups in total. The summed E-state index contributed by atoms with van der Waals surface area (Å²) < 4.78 is 12.0. The summed E-state index contributed by atoms with van der Waals surface area (Å²) in [6.45, 7) is 1.86. The maximum absolute atomic E-state index is 12.7. The number of phenols is 2. The second-order valence-corrected chi connectivity index (χ2v) is 6.81. The van der Waals surface area contributed by atoms with Crippen molar-refractivity contribution in [3.05, 3.63) is 88.5 Å². The second kappa shape index (κ2) is 5.63. The van der Waals surface area contributed by atoms with Crippen LogP contribution in [-0.2, 0) is 10.3 Å². The van der Waals surface area contributed by atoms with Crippen molar-refractivity contribution >= 4 is 12.0 Å². The van der Waals surface area contributed by atoms with Crippen LogP contribution < -0.4 is 4.74 Å². The molecular weight excluding hydrogens is 356 g/mol. The third kappa shape index (κ3) is 2.04. The highest BCUT2D eigenvalue weighted by Gasteiger charge is 2.53. The van der Waals surface area contributed by atoms with Crippen LogP contribution in [0, 0.1) is 0 Å². The molecule has 2 aliphatic rings. The lowest BCUT2D eigenvalue weighted by Crippen LogP contribution is -2.33. The molecule has 1 spiro atoms. The van der Waals surface area contributed by atoms with Crippen LogP contribution in [0.25, 0.3) is 6.08 Å². The topological polar surface area (TPSA) is 76.0 Å². The molecule has 5 heteroatoms. The highest BCUT2D eigenvalue weighted by atomic mass is 16.6. The third-order valence-electron chi connectivity index (χ3n) is 5.19. The molecule has 2 heterocycles. The van der Waals surface area contributed by atoms with Gasteiger partial charge < -0.3 is 19.7 Å². The molecule has 1 atom stereocenters. The summed E-state index contributed by atoms with van der Waals surface area (Å²) in [6, 6.07) is 15.2. The number of aromatic hydroxyl groups is 2. The smallest absolute Gasteiger partial charge is 0.340 e. The number of fused-ring (bicyclic) bond motifs is 6. The largest absolute Gasteiger partial charge is 0.508 e. The maximum Gasteiger partial charge on any atom is 0.340 e. The van der Waals surface area contributed by atoms with Gasteiger partial charge in [0, 0.05) is 34.4 Å². The van der Waals surface area contributed by atoms with Gasteiger partial charge in [-0.25, -0.2) is 4.79 Å². The lowest BCUT2D eigenvalue weighted by atomic mass is 9.77. The number of ether oxygens (including phenoxy) is 2. The van der Waals surface area contributed by atoms with Crippen molar-refractivity contribution in [2.75, 3.05) is 0 Å². The van der Waals surface area contributed by atoms with Crippen LogP contribution in [0.5, 0.6) is 23.0 Å². The van der Waals surface area contributed by atoms with Crippen LogP contribution in [0.15, 0.2) is 60.7 Å². The molecule has 0 aromatic heterocycles. The molecule has 5 nitrogen and oxygen atoms in total. The van der Waals surface area contributed by atoms with Gasteiger partial charge in [-0.15, -0.1) is 0 Å². The van der Waals surface area contributed by atoms with Crippen LogP contribution >= 0.6 is 0 Å². The summed E-state index contributed by atoms with van der Waals surface area (Å²) >= 11 is 0. The average Bonchev–Trinajstić information content (AvgIpc) is 2.97. The molecular formula is C23H16O5. The van der Waals surface area contributed by atoms with E-state index in [1.807, 2.05) is 25.1 Å². The summed E-state index contributed by atoms with van der Waals surface area (Å²) in [4.78, 5) is 12.7. The van der Waals surface area contributed by atoms with Crippen LogP contribution in [0.4, 0.5) is 0 Å². The Labute approximate surface area is 161 Å². The molecule has 138 valence electrons. The van der Waals surface area contributed by atoms with Gasteiger partial charge in [-0.05, 0) is 31.2 Å². The van der Waals surface area contributed by atoms with Gasteiger partial charge in [0.1, 0.15) is 23.0 Å². The van der Waals surface area contributed by atoms with E-state index in [1.165, 1.54) is 18.2 Å². The molecule has 3 aromatic rings. The molecule has 5 rings (SSSR count). The fourth-order valence-corrected chi connectivity index (χ4v) is 4.03. The van der Waals surface area contributed by atoms with E-state index in [0.29, 0.717) is 39.3 Å². The Morgan fingerprint density at radius 3 is 2.54 bits per heavy atom. The Morgan fingerprint density at radius 2 is 1.71 bits per heavy atom. The number of carbonyl (C=O) groups excluding carboxylic acids is 1. The zero-order chi connectivity index (χ0) is 19.5. The minimum absolute atomic E-state index is 0.0321. The van der Waals surface area contributed by atoms with Crippen molar-refractivity contribution in [3.63, 3.8) is 0 Å². The predicted molar refractivity (Wildman–Crippen MR) is 103 cm³/mol. The standard InChI is InChI=1S/C23H16O5/c1-2-5-13-10-18-21(12-19(13)25)27-20-11-14(24)8-9-17(20)23(18)16-7-4-3-6-15(16)22(26)28-23/h2-12,24-25H,1H3. The lowest BCUT2D eigenvalue weighted by molar-refractivity contribution is 0.0224. The molecule has 0 amide bonds. The SMILES string of the molecule is CC=Cc1cc2c(cc1O)Oc1cc(O)ccc1C21OC(=O)c2ccccc21. The lowest BCUT2D eigenvalue weighted by Gasteiger charge is -2.36. The van der Waals surface area contributed by atoms with Crippen molar-refractivity contribution in [2.24, 2.45) is 0 Å². The summed E-state index contributed by atoms with van der Waals surface area (Å²) in [5, 5.41) is 20.3. The number of phenolic OH excluding ortho intramolecular Hbond substituents is 2. The average molecular weight is 372 g/mol. The third-order valence-corrected chi connectivity index (χ3v) is 5.19. The number of esters is 1. The van der Waals surface area contributed by atoms with E-state index in [0.717, 1.165) is 0 Å². The predicted octanol–water partition coefficient (Wildman–Crippen LogP) is 4.70. The van der Waals surface area contributed by atoms with Gasteiger partial charge >= 0.3 is 5.97 Å². The van der Waals surface area contributed by atoms with Gasteiger partial charge in [0.2, 0.25) is 0 Å². The molecule has 3 aromatic carbocycles. The highest BCUT2D eigenvalue weighted by molar-refractivity contribution is 5.97. The van der Waals surface area contributed by atoms with E-state index >= 15 is 0 Å². The maximum atomic E-state index is 12.7. The van der Waals surface area contributed by atoms with Gasteiger partial charge in [-0.3, -0.25) is 0 Å². The first-order valence-corrected chi connectivity index (χ1v) is 8.89. The van der Waals surface area contributed by atoms with Crippen LogP contribution in [0.2, 0.25) is 0 Å². The molecule has 0 radical (unpaired) electrons. The Hall–Kier alpha value is -3.73. The van der Waals surface area contributed by atoms with Crippen LogP contribution in [0.1, 0.15) is 39.5 Å². The quantitative estimate of drug-likeness (QED) is 0.606. The van der Waals surface area contributed by atoms with Crippen molar-refractivity contribution in [2.45, 2.75) is 12.5 Å². The Balaban J connectivity index is 1.90. The zero-order valence-corrected chi connectivity index (χ0v) is 15.0. The second-order valence-electron chi connectivity index (χ2n) is 6.81. The molecule has 0 bridgehead atoms. The van der Waals surface area contributed by atoms with E-state index in [-0.39, 0.29) is 11.5 Å². The van der Waals surface area contributed by atoms with Crippen molar-refractivity contribution in [1.29, 1.82) is 0 Å². The Morgan fingerprint density at radius 1 is 0.929 bits per heavy atom. The number of carbonyl (C=O) groups is 1. The molecule has 1 unspecified atom stereocenters. The fraction of sp³-hybridized carbons (Fsp3) is 0.0870. The van der Waals surface area contributed by atoms with E-state index < -0.39 is 11.6 Å². The highest BCUT2D eigenvalue weighted by Crippen LogP contribution is 2.57.